The van der Waals surface area contributed by atoms with E-state index < -0.39 is 5.41 Å². The molecule has 0 saturated carbocycles. The van der Waals surface area contributed by atoms with Crippen LogP contribution < -0.4 is 0 Å². The van der Waals surface area contributed by atoms with Crippen LogP contribution >= 0.6 is 0 Å². The SMILES string of the molecule is CCOCC(=O)Cc1ccc(C(C)(c2ccc(CC(=O)COCC)cc2)c2ccc(CC(=O)COCC)cc2)cc1. The highest BCUT2D eigenvalue weighted by Gasteiger charge is 2.31. The largest absolute Gasteiger partial charge is 0.374 e. The lowest BCUT2D eigenvalue weighted by atomic mass is 9.70. The van der Waals surface area contributed by atoms with E-state index in [0.29, 0.717) is 39.1 Å². The fourth-order valence-corrected chi connectivity index (χ4v) is 4.85. The molecule has 0 aliphatic carbocycles. The average Bonchev–Trinajstić information content (AvgIpc) is 2.98. The summed E-state index contributed by atoms with van der Waals surface area (Å²) in [5.74, 6) is 0.143. The highest BCUT2D eigenvalue weighted by molar-refractivity contribution is 5.83. The van der Waals surface area contributed by atoms with E-state index in [2.05, 4.69) is 43.3 Å². The molecule has 0 saturated heterocycles. The molecular weight excluding hydrogens is 516 g/mol. The molecule has 0 radical (unpaired) electrons. The molecule has 0 N–H and O–H groups in total. The van der Waals surface area contributed by atoms with Crippen molar-refractivity contribution in [1.82, 2.24) is 0 Å². The van der Waals surface area contributed by atoms with Crippen LogP contribution in [0.2, 0.25) is 0 Å². The van der Waals surface area contributed by atoms with Crippen molar-refractivity contribution in [3.8, 4) is 0 Å². The van der Waals surface area contributed by atoms with Crippen molar-refractivity contribution < 1.29 is 28.6 Å². The highest BCUT2D eigenvalue weighted by Crippen LogP contribution is 2.39. The van der Waals surface area contributed by atoms with Crippen molar-refractivity contribution in [2.45, 2.75) is 52.4 Å². The predicted octanol–water partition coefficient (Wildman–Crippen LogP) is 5.49. The van der Waals surface area contributed by atoms with Gasteiger partial charge in [0, 0.05) is 44.5 Å². The monoisotopic (exact) mass is 558 g/mol. The fraction of sp³-hybridized carbons (Fsp3) is 0.400. The van der Waals surface area contributed by atoms with Crippen LogP contribution in [-0.4, -0.2) is 57.0 Å². The minimum atomic E-state index is -0.518. The smallest absolute Gasteiger partial charge is 0.162 e. The number of hydrogen-bond acceptors (Lipinski definition) is 6. The Morgan fingerprint density at radius 1 is 0.488 bits per heavy atom. The van der Waals surface area contributed by atoms with Gasteiger partial charge in [-0.2, -0.15) is 0 Å². The number of carbonyl (C=O) groups excluding carboxylic acids is 3. The quantitative estimate of drug-likeness (QED) is 0.192. The van der Waals surface area contributed by atoms with Crippen molar-refractivity contribution in [3.05, 3.63) is 106 Å². The Balaban J connectivity index is 1.91. The van der Waals surface area contributed by atoms with E-state index in [9.17, 15) is 14.4 Å². The Kier molecular flexibility index (Phi) is 12.6. The Bertz CT molecular complexity index is 1100. The summed E-state index contributed by atoms with van der Waals surface area (Å²) in [6.45, 7) is 9.70. The van der Waals surface area contributed by atoms with Crippen LogP contribution in [0.25, 0.3) is 0 Å². The molecule has 0 spiro atoms. The summed E-state index contributed by atoms with van der Waals surface area (Å²) >= 11 is 0. The van der Waals surface area contributed by atoms with Crippen LogP contribution in [0.5, 0.6) is 0 Å². The van der Waals surface area contributed by atoms with Crippen LogP contribution in [0.4, 0.5) is 0 Å². The first-order chi connectivity index (χ1) is 19.8. The second kappa shape index (κ2) is 16.1. The van der Waals surface area contributed by atoms with Crippen molar-refractivity contribution in [2.75, 3.05) is 39.6 Å². The molecule has 0 bridgehead atoms. The number of benzene rings is 3. The molecular formula is C35H42O6. The topological polar surface area (TPSA) is 78.9 Å². The number of Topliss-reactive ketones (excluding diaryl/α,β-unsaturated/α-hetero) is 3. The first kappa shape index (κ1) is 32.1. The second-order valence-electron chi connectivity index (χ2n) is 10.3. The lowest BCUT2D eigenvalue weighted by molar-refractivity contribution is -0.123. The predicted molar refractivity (Wildman–Crippen MR) is 160 cm³/mol. The summed E-state index contributed by atoms with van der Waals surface area (Å²) in [5.41, 5.74) is 5.50. The van der Waals surface area contributed by atoms with Crippen molar-refractivity contribution in [1.29, 1.82) is 0 Å². The molecule has 0 unspecified atom stereocenters. The van der Waals surface area contributed by atoms with Gasteiger partial charge in [0.25, 0.3) is 0 Å². The van der Waals surface area contributed by atoms with Gasteiger partial charge in [0.2, 0.25) is 0 Å². The maximum absolute atomic E-state index is 12.2. The lowest BCUT2D eigenvalue weighted by Gasteiger charge is -2.32. The number of carbonyl (C=O) groups is 3. The van der Waals surface area contributed by atoms with Gasteiger partial charge < -0.3 is 14.2 Å². The average molecular weight is 559 g/mol. The first-order valence-electron chi connectivity index (χ1n) is 14.4. The number of ketones is 3. The van der Waals surface area contributed by atoms with E-state index in [1.165, 1.54) is 0 Å². The summed E-state index contributed by atoms with van der Waals surface area (Å²) in [4.78, 5) is 36.7. The summed E-state index contributed by atoms with van der Waals surface area (Å²) < 4.78 is 15.8. The summed E-state index contributed by atoms with van der Waals surface area (Å²) in [7, 11) is 0. The molecule has 3 aromatic rings. The fourth-order valence-electron chi connectivity index (χ4n) is 4.85. The Morgan fingerprint density at radius 2 is 0.732 bits per heavy atom. The standard InChI is InChI=1S/C35H42O6/c1-5-39-23-32(36)20-26-8-14-29(15-9-26)35(4,30-16-10-27(11-17-30)21-33(37)24-40-6-2)31-18-12-28(13-19-31)22-34(38)25-41-7-3/h8-19H,5-7,20-25H2,1-4H3. The molecule has 0 aliphatic heterocycles. The van der Waals surface area contributed by atoms with Gasteiger partial charge in [-0.3, -0.25) is 14.4 Å². The molecule has 0 fully saturated rings. The van der Waals surface area contributed by atoms with Crippen LogP contribution in [0.3, 0.4) is 0 Å². The Morgan fingerprint density at radius 3 is 0.951 bits per heavy atom. The van der Waals surface area contributed by atoms with Crippen LogP contribution in [0.1, 0.15) is 61.1 Å². The van der Waals surface area contributed by atoms with Crippen molar-refractivity contribution in [3.63, 3.8) is 0 Å². The van der Waals surface area contributed by atoms with Gasteiger partial charge in [-0.25, -0.2) is 0 Å². The molecule has 6 nitrogen and oxygen atoms in total. The molecule has 218 valence electrons. The van der Waals surface area contributed by atoms with Crippen molar-refractivity contribution in [2.24, 2.45) is 0 Å². The molecule has 3 rings (SSSR count). The summed E-state index contributed by atoms with van der Waals surface area (Å²) in [6.07, 6.45) is 0.976. The molecule has 0 atom stereocenters. The Hall–Kier alpha value is -3.45. The van der Waals surface area contributed by atoms with Gasteiger partial charge in [-0.05, 0) is 61.1 Å². The van der Waals surface area contributed by atoms with Gasteiger partial charge in [0.05, 0.1) is 0 Å². The van der Waals surface area contributed by atoms with E-state index in [1.54, 1.807) is 0 Å². The number of rotatable bonds is 18. The van der Waals surface area contributed by atoms with Gasteiger partial charge in [-0.15, -0.1) is 0 Å². The number of ether oxygens (including phenoxy) is 3. The third-order valence-electron chi connectivity index (χ3n) is 7.20. The lowest BCUT2D eigenvalue weighted by Crippen LogP contribution is -2.25. The maximum Gasteiger partial charge on any atom is 0.162 e. The van der Waals surface area contributed by atoms with E-state index in [-0.39, 0.29) is 37.2 Å². The van der Waals surface area contributed by atoms with Crippen LogP contribution in [-0.2, 0) is 53.3 Å². The molecule has 6 heteroatoms. The number of hydrogen-bond donors (Lipinski definition) is 0. The zero-order valence-corrected chi connectivity index (χ0v) is 24.7. The molecule has 41 heavy (non-hydrogen) atoms. The van der Waals surface area contributed by atoms with E-state index in [0.717, 1.165) is 33.4 Å². The molecule has 0 heterocycles. The minimum Gasteiger partial charge on any atom is -0.374 e. The van der Waals surface area contributed by atoms with E-state index in [1.807, 2.05) is 57.2 Å². The molecule has 0 aliphatic rings. The minimum absolute atomic E-state index is 0.0475. The Labute approximate surface area is 244 Å². The first-order valence-corrected chi connectivity index (χ1v) is 14.4. The second-order valence-corrected chi connectivity index (χ2v) is 10.3. The zero-order chi connectivity index (χ0) is 29.7. The van der Waals surface area contributed by atoms with E-state index in [4.69, 9.17) is 14.2 Å². The maximum atomic E-state index is 12.2. The van der Waals surface area contributed by atoms with Crippen LogP contribution in [0.15, 0.2) is 72.8 Å². The van der Waals surface area contributed by atoms with Crippen molar-refractivity contribution >= 4 is 17.3 Å². The van der Waals surface area contributed by atoms with E-state index >= 15 is 0 Å². The third kappa shape index (κ3) is 9.28. The van der Waals surface area contributed by atoms with Gasteiger partial charge in [0.1, 0.15) is 19.8 Å². The molecule has 3 aromatic carbocycles. The molecule has 0 aromatic heterocycles. The summed E-state index contributed by atoms with van der Waals surface area (Å²) in [6, 6.07) is 24.4. The third-order valence-corrected chi connectivity index (χ3v) is 7.20. The zero-order valence-electron chi connectivity index (χ0n) is 24.7. The molecule has 0 amide bonds. The van der Waals surface area contributed by atoms with Crippen LogP contribution in [0, 0.1) is 0 Å². The van der Waals surface area contributed by atoms with Gasteiger partial charge in [0.15, 0.2) is 17.3 Å². The van der Waals surface area contributed by atoms with Gasteiger partial charge >= 0.3 is 0 Å². The summed E-state index contributed by atoms with van der Waals surface area (Å²) in [5, 5.41) is 0. The van der Waals surface area contributed by atoms with Gasteiger partial charge in [-0.1, -0.05) is 72.8 Å². The highest BCUT2D eigenvalue weighted by atomic mass is 16.5. The normalized spacial score (nSPS) is 11.4.